The number of aromatic hydroxyl groups is 2. The molecule has 0 saturated carbocycles. The molecule has 2 aromatic carbocycles. The summed E-state index contributed by atoms with van der Waals surface area (Å²) in [7, 11) is 0. The molecule has 2 atom stereocenters. The van der Waals surface area contributed by atoms with Crippen molar-refractivity contribution in [3.05, 3.63) is 41.5 Å². The molecule has 2 aromatic rings. The minimum absolute atomic E-state index is 0.00570. The minimum Gasteiger partial charge on any atom is -0.504 e. The third kappa shape index (κ3) is 3.97. The van der Waals surface area contributed by atoms with Gasteiger partial charge in [-0.2, -0.15) is 0 Å². The van der Waals surface area contributed by atoms with Crippen LogP contribution in [-0.2, 0) is 12.8 Å². The molecule has 0 aromatic heterocycles. The van der Waals surface area contributed by atoms with Gasteiger partial charge in [0.15, 0.2) is 23.0 Å². The first-order valence-electron chi connectivity index (χ1n) is 9.93. The van der Waals surface area contributed by atoms with Gasteiger partial charge in [0.1, 0.15) is 18.5 Å². The van der Waals surface area contributed by atoms with E-state index in [9.17, 15) is 10.2 Å². The van der Waals surface area contributed by atoms with Crippen molar-refractivity contribution in [1.82, 2.24) is 5.32 Å². The monoisotopic (exact) mass is 385 g/mol. The Hall–Kier alpha value is -2.60. The Balaban J connectivity index is 1.23. The van der Waals surface area contributed by atoms with E-state index >= 15 is 0 Å². The molecule has 1 aliphatic carbocycles. The standard InChI is InChI=1S/C22H27NO5/c1-14(23-12-15-13-27-19-7-2-3-8-20(19)28-15)9-10-26-21-11-18(24)22(25)17-6-4-5-16(17)21/h2-3,7-8,11,14-15,23-25H,4-6,9-10,12-13H2,1H3. The van der Waals surface area contributed by atoms with Gasteiger partial charge in [-0.25, -0.2) is 0 Å². The van der Waals surface area contributed by atoms with E-state index in [0.717, 1.165) is 48.3 Å². The van der Waals surface area contributed by atoms with Gasteiger partial charge in [0.05, 0.1) is 6.61 Å². The lowest BCUT2D eigenvalue weighted by Gasteiger charge is -2.27. The number of rotatable bonds is 7. The van der Waals surface area contributed by atoms with Crippen LogP contribution in [-0.4, -0.2) is 42.1 Å². The fourth-order valence-electron chi connectivity index (χ4n) is 3.78. The van der Waals surface area contributed by atoms with Crippen molar-refractivity contribution in [3.63, 3.8) is 0 Å². The highest BCUT2D eigenvalue weighted by Gasteiger charge is 2.23. The van der Waals surface area contributed by atoms with Crippen molar-refractivity contribution in [1.29, 1.82) is 0 Å². The maximum Gasteiger partial charge on any atom is 0.161 e. The predicted molar refractivity (Wildman–Crippen MR) is 106 cm³/mol. The van der Waals surface area contributed by atoms with Crippen molar-refractivity contribution >= 4 is 0 Å². The van der Waals surface area contributed by atoms with Crippen molar-refractivity contribution in [2.24, 2.45) is 0 Å². The van der Waals surface area contributed by atoms with Gasteiger partial charge in [0.2, 0.25) is 0 Å². The fourth-order valence-corrected chi connectivity index (χ4v) is 3.78. The third-order valence-electron chi connectivity index (χ3n) is 5.38. The second-order valence-corrected chi connectivity index (χ2v) is 7.50. The summed E-state index contributed by atoms with van der Waals surface area (Å²) in [5.41, 5.74) is 1.86. The normalized spacial score (nSPS) is 18.5. The Morgan fingerprint density at radius 1 is 1.18 bits per heavy atom. The van der Waals surface area contributed by atoms with Crippen LogP contribution in [0.4, 0.5) is 0 Å². The molecule has 0 fully saturated rings. The Morgan fingerprint density at radius 2 is 1.96 bits per heavy atom. The van der Waals surface area contributed by atoms with E-state index in [0.29, 0.717) is 25.5 Å². The zero-order chi connectivity index (χ0) is 19.5. The van der Waals surface area contributed by atoms with Gasteiger partial charge in [0, 0.05) is 29.8 Å². The number of nitrogens with one attached hydrogen (secondary N) is 1. The van der Waals surface area contributed by atoms with Crippen molar-refractivity contribution < 1.29 is 24.4 Å². The van der Waals surface area contributed by atoms with E-state index < -0.39 is 0 Å². The van der Waals surface area contributed by atoms with E-state index in [-0.39, 0.29) is 23.6 Å². The van der Waals surface area contributed by atoms with E-state index in [1.165, 1.54) is 6.07 Å². The van der Waals surface area contributed by atoms with Crippen molar-refractivity contribution in [3.8, 4) is 28.7 Å². The first kappa shape index (κ1) is 18.7. The minimum atomic E-state index is -0.100. The summed E-state index contributed by atoms with van der Waals surface area (Å²) in [4.78, 5) is 0. The summed E-state index contributed by atoms with van der Waals surface area (Å²) in [5.74, 6) is 2.18. The lowest BCUT2D eigenvalue weighted by molar-refractivity contribution is 0.0878. The van der Waals surface area contributed by atoms with Gasteiger partial charge in [-0.3, -0.25) is 0 Å². The first-order chi connectivity index (χ1) is 13.6. The summed E-state index contributed by atoms with van der Waals surface area (Å²) in [6.07, 6.45) is 3.45. The molecule has 0 bridgehead atoms. The van der Waals surface area contributed by atoms with E-state index in [1.807, 2.05) is 24.3 Å². The average molecular weight is 385 g/mol. The number of hydrogen-bond donors (Lipinski definition) is 3. The summed E-state index contributed by atoms with van der Waals surface area (Å²) in [5, 5.41) is 23.3. The molecule has 28 heavy (non-hydrogen) atoms. The quantitative estimate of drug-likeness (QED) is 0.636. The van der Waals surface area contributed by atoms with Crippen LogP contribution >= 0.6 is 0 Å². The van der Waals surface area contributed by atoms with Gasteiger partial charge in [-0.15, -0.1) is 0 Å². The van der Waals surface area contributed by atoms with Crippen LogP contribution in [0.5, 0.6) is 28.7 Å². The Labute approximate surface area is 165 Å². The van der Waals surface area contributed by atoms with Crippen LogP contribution in [0, 0.1) is 0 Å². The van der Waals surface area contributed by atoms with Gasteiger partial charge < -0.3 is 29.7 Å². The molecule has 0 spiro atoms. The number of phenols is 2. The SMILES string of the molecule is CC(CCOc1cc(O)c(O)c2c1CCC2)NCC1COc2ccccc2O1. The maximum absolute atomic E-state index is 9.97. The van der Waals surface area contributed by atoms with Gasteiger partial charge in [-0.05, 0) is 44.7 Å². The molecule has 3 N–H and O–H groups in total. The second kappa shape index (κ2) is 8.19. The lowest BCUT2D eigenvalue weighted by atomic mass is 10.1. The van der Waals surface area contributed by atoms with Gasteiger partial charge >= 0.3 is 0 Å². The highest BCUT2D eigenvalue weighted by atomic mass is 16.6. The largest absolute Gasteiger partial charge is 0.504 e. The van der Waals surface area contributed by atoms with E-state index in [1.54, 1.807) is 0 Å². The molecule has 1 heterocycles. The molecule has 2 unspecified atom stereocenters. The van der Waals surface area contributed by atoms with Gasteiger partial charge in [-0.1, -0.05) is 12.1 Å². The van der Waals surface area contributed by atoms with Crippen molar-refractivity contribution in [2.75, 3.05) is 19.8 Å². The highest BCUT2D eigenvalue weighted by molar-refractivity contribution is 5.57. The Kier molecular flexibility index (Phi) is 5.48. The molecule has 6 heteroatoms. The molecular formula is C22H27NO5. The molecule has 0 radical (unpaired) electrons. The number of hydrogen-bond acceptors (Lipinski definition) is 6. The van der Waals surface area contributed by atoms with E-state index in [4.69, 9.17) is 14.2 Å². The molecular weight excluding hydrogens is 358 g/mol. The lowest BCUT2D eigenvalue weighted by Crippen LogP contribution is -2.41. The molecule has 0 saturated heterocycles. The summed E-state index contributed by atoms with van der Waals surface area (Å²) < 4.78 is 17.6. The molecule has 2 aliphatic rings. The summed E-state index contributed by atoms with van der Waals surface area (Å²) in [6, 6.07) is 9.49. The highest BCUT2D eigenvalue weighted by Crippen LogP contribution is 2.42. The Bertz CT molecular complexity index is 838. The zero-order valence-corrected chi connectivity index (χ0v) is 16.1. The number of benzene rings is 2. The predicted octanol–water partition coefficient (Wildman–Crippen LogP) is 3.17. The zero-order valence-electron chi connectivity index (χ0n) is 16.1. The number of ether oxygens (including phenoxy) is 3. The number of para-hydroxylation sites is 2. The van der Waals surface area contributed by atoms with Crippen LogP contribution in [0.3, 0.4) is 0 Å². The van der Waals surface area contributed by atoms with Gasteiger partial charge in [0.25, 0.3) is 0 Å². The molecule has 4 rings (SSSR count). The summed E-state index contributed by atoms with van der Waals surface area (Å²) >= 11 is 0. The summed E-state index contributed by atoms with van der Waals surface area (Å²) in [6.45, 7) is 3.88. The molecule has 150 valence electrons. The average Bonchev–Trinajstić information content (AvgIpc) is 3.20. The number of phenolic OH excluding ortho intramolecular Hbond substituents is 2. The molecule has 0 amide bonds. The van der Waals surface area contributed by atoms with Crippen molar-refractivity contribution in [2.45, 2.75) is 44.8 Å². The first-order valence-corrected chi connectivity index (χ1v) is 9.93. The topological polar surface area (TPSA) is 80.2 Å². The molecule has 1 aliphatic heterocycles. The van der Waals surface area contributed by atoms with Crippen LogP contribution in [0.1, 0.15) is 30.9 Å². The Morgan fingerprint density at radius 3 is 2.82 bits per heavy atom. The smallest absolute Gasteiger partial charge is 0.161 e. The number of fused-ring (bicyclic) bond motifs is 2. The van der Waals surface area contributed by atoms with Crippen LogP contribution in [0.25, 0.3) is 0 Å². The third-order valence-corrected chi connectivity index (χ3v) is 5.38. The van der Waals surface area contributed by atoms with E-state index in [2.05, 4.69) is 12.2 Å². The van der Waals surface area contributed by atoms with Crippen LogP contribution < -0.4 is 19.5 Å². The maximum atomic E-state index is 9.97. The fraction of sp³-hybridized carbons (Fsp3) is 0.455. The van der Waals surface area contributed by atoms with Crippen LogP contribution in [0.2, 0.25) is 0 Å². The second-order valence-electron chi connectivity index (χ2n) is 7.50. The molecule has 6 nitrogen and oxygen atoms in total. The van der Waals surface area contributed by atoms with Crippen LogP contribution in [0.15, 0.2) is 30.3 Å².